The Balaban J connectivity index is 1.38. The predicted octanol–water partition coefficient (Wildman–Crippen LogP) is 6.39. The van der Waals surface area contributed by atoms with Crippen molar-refractivity contribution in [2.45, 2.75) is 62.2 Å². The summed E-state index contributed by atoms with van der Waals surface area (Å²) in [7, 11) is -3.67. The molecule has 5 rings (SSSR count). The molecule has 0 unspecified atom stereocenters. The number of thiophene rings is 1. The quantitative estimate of drug-likeness (QED) is 0.347. The van der Waals surface area contributed by atoms with E-state index in [0.29, 0.717) is 28.2 Å². The summed E-state index contributed by atoms with van der Waals surface area (Å²) < 4.78 is 40.2. The Morgan fingerprint density at radius 1 is 1.00 bits per heavy atom. The first-order chi connectivity index (χ1) is 17.0. The molecule has 2 aliphatic rings. The van der Waals surface area contributed by atoms with E-state index in [4.69, 9.17) is 9.47 Å². The number of rotatable bonds is 9. The summed E-state index contributed by atoms with van der Waals surface area (Å²) in [6, 6.07) is 15.5. The van der Waals surface area contributed by atoms with Crippen LogP contribution in [0, 0.1) is 5.92 Å². The van der Waals surface area contributed by atoms with Crippen LogP contribution in [0.25, 0.3) is 11.1 Å². The van der Waals surface area contributed by atoms with Crippen molar-refractivity contribution < 1.29 is 17.9 Å². The van der Waals surface area contributed by atoms with Gasteiger partial charge in [0.05, 0.1) is 5.69 Å². The van der Waals surface area contributed by atoms with Crippen LogP contribution in [0.2, 0.25) is 0 Å². The SMILES string of the molecule is C[C@@H](CC1CCCCC1)NCc1ccc(-c2ccc3c(c2)OCO3)cc1NS(=O)(=O)c1cccs1. The molecule has 1 aliphatic heterocycles. The Bertz CT molecular complexity index is 1250. The first kappa shape index (κ1) is 24.2. The van der Waals surface area contributed by atoms with Crippen LogP contribution < -0.4 is 19.5 Å². The first-order valence-corrected chi connectivity index (χ1v) is 14.7. The van der Waals surface area contributed by atoms with Gasteiger partial charge < -0.3 is 14.8 Å². The number of ether oxygens (including phenoxy) is 2. The van der Waals surface area contributed by atoms with Gasteiger partial charge in [0.2, 0.25) is 6.79 Å². The van der Waals surface area contributed by atoms with E-state index >= 15 is 0 Å². The third-order valence-electron chi connectivity index (χ3n) is 6.87. The Labute approximate surface area is 211 Å². The van der Waals surface area contributed by atoms with Gasteiger partial charge >= 0.3 is 0 Å². The van der Waals surface area contributed by atoms with Crippen LogP contribution in [0.3, 0.4) is 0 Å². The predicted molar refractivity (Wildman–Crippen MR) is 141 cm³/mol. The van der Waals surface area contributed by atoms with Crippen LogP contribution in [-0.2, 0) is 16.6 Å². The van der Waals surface area contributed by atoms with E-state index in [1.54, 1.807) is 17.5 Å². The van der Waals surface area contributed by atoms with E-state index in [-0.39, 0.29) is 6.79 Å². The molecule has 1 atom stereocenters. The summed E-state index contributed by atoms with van der Waals surface area (Å²) in [4.78, 5) is 0. The maximum absolute atomic E-state index is 13.1. The van der Waals surface area contributed by atoms with E-state index < -0.39 is 10.0 Å². The largest absolute Gasteiger partial charge is 0.454 e. The van der Waals surface area contributed by atoms with Crippen LogP contribution in [0.5, 0.6) is 11.5 Å². The third kappa shape index (κ3) is 5.82. The molecule has 2 heterocycles. The Kier molecular flexibility index (Phi) is 7.32. The monoisotopic (exact) mass is 512 g/mol. The fourth-order valence-electron chi connectivity index (χ4n) is 4.98. The summed E-state index contributed by atoms with van der Waals surface area (Å²) in [5.74, 6) is 2.21. The van der Waals surface area contributed by atoms with E-state index in [1.165, 1.54) is 43.4 Å². The molecular weight excluding hydrogens is 480 g/mol. The fraction of sp³-hybridized carbons (Fsp3) is 0.407. The zero-order valence-corrected chi connectivity index (χ0v) is 21.6. The summed E-state index contributed by atoms with van der Waals surface area (Å²) in [6.07, 6.45) is 7.85. The number of sulfonamides is 1. The molecule has 8 heteroatoms. The number of fused-ring (bicyclic) bond motifs is 1. The average molecular weight is 513 g/mol. The van der Waals surface area contributed by atoms with Crippen LogP contribution in [0.1, 0.15) is 51.0 Å². The van der Waals surface area contributed by atoms with E-state index in [0.717, 1.165) is 34.8 Å². The molecule has 35 heavy (non-hydrogen) atoms. The summed E-state index contributed by atoms with van der Waals surface area (Å²) >= 11 is 1.21. The van der Waals surface area contributed by atoms with E-state index in [1.807, 2.05) is 36.4 Å². The van der Waals surface area contributed by atoms with Crippen LogP contribution >= 0.6 is 11.3 Å². The maximum Gasteiger partial charge on any atom is 0.271 e. The third-order valence-corrected chi connectivity index (χ3v) is 9.64. The van der Waals surface area contributed by atoms with E-state index in [9.17, 15) is 8.42 Å². The lowest BCUT2D eigenvalue weighted by atomic mass is 9.85. The van der Waals surface area contributed by atoms with Gasteiger partial charge in [-0.1, -0.05) is 56.4 Å². The van der Waals surface area contributed by atoms with Gasteiger partial charge in [0, 0.05) is 12.6 Å². The zero-order chi connectivity index (χ0) is 24.3. The smallest absolute Gasteiger partial charge is 0.271 e. The van der Waals surface area contributed by atoms with Gasteiger partial charge in [0.1, 0.15) is 4.21 Å². The maximum atomic E-state index is 13.1. The molecule has 3 aromatic rings. The Morgan fingerprint density at radius 2 is 1.77 bits per heavy atom. The molecule has 1 aromatic heterocycles. The lowest BCUT2D eigenvalue weighted by Crippen LogP contribution is -2.29. The molecule has 2 aromatic carbocycles. The Hall–Kier alpha value is -2.55. The van der Waals surface area contributed by atoms with Gasteiger partial charge in [-0.25, -0.2) is 8.42 Å². The van der Waals surface area contributed by atoms with Crippen LogP contribution in [0.4, 0.5) is 5.69 Å². The summed E-state index contributed by atoms with van der Waals surface area (Å²) in [6.45, 7) is 3.04. The van der Waals surface area contributed by atoms with E-state index in [2.05, 4.69) is 17.0 Å². The molecule has 0 bridgehead atoms. The average Bonchev–Trinajstić information content (AvgIpc) is 3.56. The standard InChI is InChI=1S/C27H32N2O4S2/c1-19(14-20-6-3-2-4-7-20)28-17-23-10-9-21(22-11-12-25-26(16-22)33-18-32-25)15-24(23)29-35(30,31)27-8-5-13-34-27/h5,8-13,15-16,19-20,28-29H,2-4,6-7,14,17-18H2,1H3/t19-/m0/s1. The molecule has 0 radical (unpaired) electrons. The van der Waals surface area contributed by atoms with Gasteiger partial charge in [0.25, 0.3) is 10.0 Å². The van der Waals surface area contributed by atoms with Crippen molar-refractivity contribution in [1.82, 2.24) is 5.32 Å². The summed E-state index contributed by atoms with van der Waals surface area (Å²) in [5.41, 5.74) is 3.36. The lowest BCUT2D eigenvalue weighted by Gasteiger charge is -2.25. The second kappa shape index (κ2) is 10.6. The number of hydrogen-bond donors (Lipinski definition) is 2. The Morgan fingerprint density at radius 3 is 2.57 bits per heavy atom. The molecule has 1 aliphatic carbocycles. The van der Waals surface area contributed by atoms with Crippen molar-refractivity contribution >= 4 is 27.0 Å². The number of hydrogen-bond acceptors (Lipinski definition) is 6. The molecule has 0 saturated heterocycles. The number of anilines is 1. The topological polar surface area (TPSA) is 76.7 Å². The fourth-order valence-corrected chi connectivity index (χ4v) is 7.07. The molecule has 1 fully saturated rings. The van der Waals surface area contributed by atoms with Crippen molar-refractivity contribution in [2.24, 2.45) is 5.92 Å². The van der Waals surface area contributed by atoms with Gasteiger partial charge in [0.15, 0.2) is 11.5 Å². The minimum absolute atomic E-state index is 0.217. The highest BCUT2D eigenvalue weighted by atomic mass is 32.2. The summed E-state index contributed by atoms with van der Waals surface area (Å²) in [5, 5.41) is 5.40. The van der Waals surface area contributed by atoms with Crippen molar-refractivity contribution in [3.63, 3.8) is 0 Å². The lowest BCUT2D eigenvalue weighted by molar-refractivity contribution is 0.174. The van der Waals surface area contributed by atoms with Crippen LogP contribution in [-0.4, -0.2) is 21.3 Å². The molecule has 0 spiro atoms. The highest BCUT2D eigenvalue weighted by molar-refractivity contribution is 7.94. The molecule has 6 nitrogen and oxygen atoms in total. The van der Waals surface area contributed by atoms with Gasteiger partial charge in [-0.2, -0.15) is 0 Å². The highest BCUT2D eigenvalue weighted by Gasteiger charge is 2.20. The minimum Gasteiger partial charge on any atom is -0.454 e. The molecular formula is C27H32N2O4S2. The first-order valence-electron chi connectivity index (χ1n) is 12.3. The highest BCUT2D eigenvalue weighted by Crippen LogP contribution is 2.37. The zero-order valence-electron chi connectivity index (χ0n) is 20.0. The molecule has 186 valence electrons. The normalized spacial score (nSPS) is 16.8. The molecule has 2 N–H and O–H groups in total. The molecule has 0 amide bonds. The van der Waals surface area contributed by atoms with Crippen molar-refractivity contribution in [3.05, 3.63) is 59.5 Å². The van der Waals surface area contributed by atoms with Crippen LogP contribution in [0.15, 0.2) is 58.1 Å². The molecule has 1 saturated carbocycles. The number of nitrogens with one attached hydrogen (secondary N) is 2. The minimum atomic E-state index is -3.67. The van der Waals surface area contributed by atoms with Crippen molar-refractivity contribution in [1.29, 1.82) is 0 Å². The number of benzene rings is 2. The van der Waals surface area contributed by atoms with Gasteiger partial charge in [-0.3, -0.25) is 4.72 Å². The van der Waals surface area contributed by atoms with Gasteiger partial charge in [-0.15, -0.1) is 11.3 Å². The van der Waals surface area contributed by atoms with Crippen molar-refractivity contribution in [2.75, 3.05) is 11.5 Å². The van der Waals surface area contributed by atoms with Gasteiger partial charge in [-0.05, 0) is 65.6 Å². The second-order valence-corrected chi connectivity index (χ2v) is 12.4. The second-order valence-electron chi connectivity index (χ2n) is 9.50. The van der Waals surface area contributed by atoms with Crippen molar-refractivity contribution in [3.8, 4) is 22.6 Å².